The summed E-state index contributed by atoms with van der Waals surface area (Å²) >= 11 is 1.37. The molecule has 10 heteroatoms. The van der Waals surface area contributed by atoms with Crippen molar-refractivity contribution < 1.29 is 18.0 Å². The number of hydrogen-bond acceptors (Lipinski definition) is 6. The quantitative estimate of drug-likeness (QED) is 0.500. The van der Waals surface area contributed by atoms with E-state index < -0.39 is 15.6 Å². The smallest absolute Gasteiger partial charge is 0.241 e. The van der Waals surface area contributed by atoms with E-state index in [1.54, 1.807) is 44.0 Å². The van der Waals surface area contributed by atoms with E-state index in [1.807, 2.05) is 24.3 Å². The predicted octanol–water partition coefficient (Wildman–Crippen LogP) is 4.64. The van der Waals surface area contributed by atoms with Gasteiger partial charge in [-0.3, -0.25) is 9.59 Å². The summed E-state index contributed by atoms with van der Waals surface area (Å²) in [6.07, 6.45) is 3.10. The molecule has 0 saturated carbocycles. The Hall–Kier alpha value is -3.08. The molecule has 3 aromatic rings. The Balaban J connectivity index is 1.69. The van der Waals surface area contributed by atoms with Crippen molar-refractivity contribution in [1.29, 1.82) is 0 Å². The number of nitrogens with zero attached hydrogens (tertiary/aromatic N) is 2. The highest BCUT2D eigenvalue weighted by Gasteiger charge is 2.27. The molecule has 0 unspecified atom stereocenters. The first-order valence-corrected chi connectivity index (χ1v) is 13.6. The molecule has 1 saturated heterocycles. The number of amides is 2. The summed E-state index contributed by atoms with van der Waals surface area (Å²) in [6, 6.07) is 12.5. The molecule has 2 N–H and O–H groups in total. The largest absolute Gasteiger partial charge is 0.326 e. The van der Waals surface area contributed by atoms with E-state index in [2.05, 4.69) is 15.0 Å². The van der Waals surface area contributed by atoms with Crippen molar-refractivity contribution in [2.24, 2.45) is 0 Å². The van der Waals surface area contributed by atoms with Gasteiger partial charge in [-0.1, -0.05) is 6.07 Å². The van der Waals surface area contributed by atoms with Crippen LogP contribution in [0.4, 0.5) is 11.4 Å². The molecule has 1 aliphatic rings. The second kappa shape index (κ2) is 9.52. The van der Waals surface area contributed by atoms with Crippen LogP contribution in [0.25, 0.3) is 21.0 Å². The number of carbonyl (C=O) groups excluding carboxylic acids is 2. The number of thiazole rings is 1. The van der Waals surface area contributed by atoms with Crippen LogP contribution in [-0.4, -0.2) is 37.3 Å². The minimum absolute atomic E-state index is 0.0665. The Bertz CT molecular complexity index is 1370. The molecule has 0 aliphatic carbocycles. The molecule has 1 aromatic heterocycles. The number of hydrogen-bond donors (Lipinski definition) is 2. The van der Waals surface area contributed by atoms with Gasteiger partial charge in [0.2, 0.25) is 21.8 Å². The molecule has 2 aromatic carbocycles. The molecule has 35 heavy (non-hydrogen) atoms. The van der Waals surface area contributed by atoms with Gasteiger partial charge in [0, 0.05) is 54.1 Å². The summed E-state index contributed by atoms with van der Waals surface area (Å²) in [7, 11) is -3.89. The van der Waals surface area contributed by atoms with Crippen LogP contribution in [0, 0.1) is 0 Å². The molecular formula is C25H28N4O4S2. The van der Waals surface area contributed by atoms with Gasteiger partial charge in [0.15, 0.2) is 0 Å². The van der Waals surface area contributed by atoms with Crippen molar-refractivity contribution in [2.45, 2.75) is 51.0 Å². The first-order valence-electron chi connectivity index (χ1n) is 11.3. The highest BCUT2D eigenvalue weighted by atomic mass is 32.2. The maximum Gasteiger partial charge on any atom is 0.241 e. The minimum atomic E-state index is -3.89. The van der Waals surface area contributed by atoms with Crippen LogP contribution in [0.15, 0.2) is 53.6 Å². The van der Waals surface area contributed by atoms with Crippen molar-refractivity contribution in [1.82, 2.24) is 9.71 Å². The van der Waals surface area contributed by atoms with Crippen LogP contribution in [0.3, 0.4) is 0 Å². The van der Waals surface area contributed by atoms with Crippen LogP contribution >= 0.6 is 11.3 Å². The van der Waals surface area contributed by atoms with Crippen molar-refractivity contribution in [3.63, 3.8) is 0 Å². The molecule has 2 heterocycles. The lowest BCUT2D eigenvalue weighted by molar-refractivity contribution is -0.117. The summed E-state index contributed by atoms with van der Waals surface area (Å²) in [6.45, 7) is 7.41. The van der Waals surface area contributed by atoms with Crippen molar-refractivity contribution >= 4 is 44.5 Å². The van der Waals surface area contributed by atoms with Crippen LogP contribution in [-0.2, 0) is 19.6 Å². The highest BCUT2D eigenvalue weighted by molar-refractivity contribution is 7.89. The molecule has 2 amide bonds. The van der Waals surface area contributed by atoms with Gasteiger partial charge in [-0.15, -0.1) is 11.3 Å². The van der Waals surface area contributed by atoms with Gasteiger partial charge in [0.25, 0.3) is 0 Å². The lowest BCUT2D eigenvalue weighted by Crippen LogP contribution is -2.40. The van der Waals surface area contributed by atoms with E-state index in [0.717, 1.165) is 29.2 Å². The lowest BCUT2D eigenvalue weighted by atomic mass is 10.1. The number of aromatic nitrogens is 1. The zero-order valence-electron chi connectivity index (χ0n) is 20.1. The van der Waals surface area contributed by atoms with Crippen molar-refractivity contribution in [3.8, 4) is 21.0 Å². The van der Waals surface area contributed by atoms with Crippen LogP contribution in [0.5, 0.6) is 0 Å². The van der Waals surface area contributed by atoms with E-state index in [1.165, 1.54) is 24.3 Å². The van der Waals surface area contributed by atoms with Crippen molar-refractivity contribution in [3.05, 3.63) is 48.7 Å². The van der Waals surface area contributed by atoms with Crippen LogP contribution in [0.1, 0.15) is 40.5 Å². The average molecular weight is 513 g/mol. The molecular weight excluding hydrogens is 484 g/mol. The summed E-state index contributed by atoms with van der Waals surface area (Å²) in [4.78, 5) is 30.6. The SMILES string of the molecule is CC(=O)Nc1ccc(-c2cnc(-c3ccc(N4CCCC4=O)cc3)s2)c(S(=O)(=O)NC(C)(C)C)c1. The predicted molar refractivity (Wildman–Crippen MR) is 139 cm³/mol. The molecule has 0 atom stereocenters. The topological polar surface area (TPSA) is 108 Å². The monoisotopic (exact) mass is 512 g/mol. The van der Waals surface area contributed by atoms with Gasteiger partial charge in [0.05, 0.1) is 9.77 Å². The molecule has 8 nitrogen and oxygen atoms in total. The highest BCUT2D eigenvalue weighted by Crippen LogP contribution is 2.37. The van der Waals surface area contributed by atoms with E-state index in [9.17, 15) is 18.0 Å². The molecule has 184 valence electrons. The zero-order chi connectivity index (χ0) is 25.4. The lowest BCUT2D eigenvalue weighted by Gasteiger charge is -2.22. The fourth-order valence-corrected chi connectivity index (χ4v) is 6.62. The van der Waals surface area contributed by atoms with E-state index in [0.29, 0.717) is 22.5 Å². The van der Waals surface area contributed by atoms with E-state index >= 15 is 0 Å². The number of sulfonamides is 1. The average Bonchev–Trinajstić information content (AvgIpc) is 3.41. The first kappa shape index (κ1) is 25.0. The number of rotatable bonds is 6. The fraction of sp³-hybridized carbons (Fsp3) is 0.320. The van der Waals surface area contributed by atoms with E-state index in [4.69, 9.17) is 0 Å². The third-order valence-corrected chi connectivity index (χ3v) is 8.18. The Morgan fingerprint density at radius 2 is 1.83 bits per heavy atom. The fourth-order valence-electron chi connectivity index (χ4n) is 3.92. The number of anilines is 2. The minimum Gasteiger partial charge on any atom is -0.326 e. The summed E-state index contributed by atoms with van der Waals surface area (Å²) in [5, 5.41) is 3.38. The zero-order valence-corrected chi connectivity index (χ0v) is 21.7. The summed E-state index contributed by atoms with van der Waals surface area (Å²) in [5.74, 6) is -0.154. The Labute approximate surface area is 209 Å². The second-order valence-corrected chi connectivity index (χ2v) is 12.2. The molecule has 4 rings (SSSR count). The number of carbonyl (C=O) groups is 2. The second-order valence-electron chi connectivity index (χ2n) is 9.47. The van der Waals surface area contributed by atoms with Crippen LogP contribution < -0.4 is 14.9 Å². The maximum atomic E-state index is 13.3. The van der Waals surface area contributed by atoms with Gasteiger partial charge in [-0.2, -0.15) is 0 Å². The van der Waals surface area contributed by atoms with Crippen LogP contribution in [0.2, 0.25) is 0 Å². The Morgan fingerprint density at radius 1 is 1.11 bits per heavy atom. The summed E-state index contributed by atoms with van der Waals surface area (Å²) in [5.41, 5.74) is 1.95. The van der Waals surface area contributed by atoms with Gasteiger partial charge >= 0.3 is 0 Å². The van der Waals surface area contributed by atoms with Gasteiger partial charge in [0.1, 0.15) is 5.01 Å². The standard InChI is InChI=1S/C25H28N4O4S2/c1-16(30)27-18-9-12-20(22(14-18)35(32,33)28-25(2,3)4)21-15-26-24(34-21)17-7-10-19(11-8-17)29-13-5-6-23(29)31/h7-12,14-15,28H,5-6,13H2,1-4H3,(H,27,30). The normalized spacial score (nSPS) is 14.4. The Morgan fingerprint density at radius 3 is 2.43 bits per heavy atom. The number of benzene rings is 2. The van der Waals surface area contributed by atoms with Gasteiger partial charge in [-0.25, -0.2) is 18.1 Å². The molecule has 0 spiro atoms. The molecule has 1 fully saturated rings. The van der Waals surface area contributed by atoms with Gasteiger partial charge in [-0.05, 0) is 63.6 Å². The van der Waals surface area contributed by atoms with Gasteiger partial charge < -0.3 is 10.2 Å². The first-order chi connectivity index (χ1) is 16.4. The molecule has 0 bridgehead atoms. The van der Waals surface area contributed by atoms with E-state index in [-0.39, 0.29) is 16.7 Å². The number of nitrogens with one attached hydrogen (secondary N) is 2. The summed E-state index contributed by atoms with van der Waals surface area (Å²) < 4.78 is 29.2. The van der Waals surface area contributed by atoms with Crippen molar-refractivity contribution in [2.75, 3.05) is 16.8 Å². The third-order valence-electron chi connectivity index (χ3n) is 5.30. The third kappa shape index (κ3) is 5.77. The molecule has 0 radical (unpaired) electrons. The Kier molecular flexibility index (Phi) is 6.81. The molecule has 1 aliphatic heterocycles. The maximum absolute atomic E-state index is 13.3.